The van der Waals surface area contributed by atoms with Gasteiger partial charge in [0.15, 0.2) is 0 Å². The predicted molar refractivity (Wildman–Crippen MR) is 187 cm³/mol. The zero-order valence-corrected chi connectivity index (χ0v) is 28.0. The summed E-state index contributed by atoms with van der Waals surface area (Å²) in [5.41, 5.74) is -3.90. The number of fused-ring (bicyclic) bond motifs is 4. The van der Waals surface area contributed by atoms with Gasteiger partial charge in [-0.3, -0.25) is 0 Å². The molecule has 0 saturated heterocycles. The molecule has 4 nitrogen and oxygen atoms in total. The summed E-state index contributed by atoms with van der Waals surface area (Å²) in [6, 6.07) is 30.7. The van der Waals surface area contributed by atoms with Crippen molar-refractivity contribution in [2.24, 2.45) is 0 Å². The van der Waals surface area contributed by atoms with Crippen LogP contribution in [0.25, 0.3) is 32.0 Å². The Bertz CT molecular complexity index is 2260. The third-order valence-corrected chi connectivity index (χ3v) is 12.2. The molecule has 0 saturated carbocycles. The van der Waals surface area contributed by atoms with Crippen molar-refractivity contribution in [1.82, 2.24) is 0 Å². The first-order valence-corrected chi connectivity index (χ1v) is 17.3. The van der Waals surface area contributed by atoms with E-state index in [2.05, 4.69) is 0 Å². The maximum Gasteiger partial charge on any atom is 0.380 e. The first-order chi connectivity index (χ1) is 24.7. The van der Waals surface area contributed by atoms with Crippen molar-refractivity contribution in [3.05, 3.63) is 164 Å². The molecule has 0 atom stereocenters. The molecule has 0 amide bonds. The highest BCUT2D eigenvalue weighted by Gasteiger charge is 2.81. The van der Waals surface area contributed by atoms with Crippen molar-refractivity contribution in [2.45, 2.75) is 23.2 Å². The topological polar surface area (TPSA) is 74.6 Å². The van der Waals surface area contributed by atoms with Crippen molar-refractivity contribution in [3.8, 4) is 20.9 Å². The number of hydrogen-bond acceptors (Lipinski definition) is 4. The summed E-state index contributed by atoms with van der Waals surface area (Å²) in [7, 11) is 0. The second-order valence-electron chi connectivity index (χ2n) is 12.4. The summed E-state index contributed by atoms with van der Waals surface area (Å²) in [4.78, 5) is 23.9. The lowest BCUT2D eigenvalue weighted by Crippen LogP contribution is -2.49. The smallest absolute Gasteiger partial charge is 0.380 e. The largest absolute Gasteiger partial charge is 0.478 e. The van der Waals surface area contributed by atoms with Crippen molar-refractivity contribution in [2.75, 3.05) is 0 Å². The number of halogens is 6. The molecule has 0 spiro atoms. The molecule has 52 heavy (non-hydrogen) atoms. The summed E-state index contributed by atoms with van der Waals surface area (Å²) in [5, 5.41) is 18.9. The Kier molecular flexibility index (Phi) is 7.46. The molecule has 0 unspecified atom stereocenters. The molecule has 8 rings (SSSR count). The molecule has 2 aliphatic rings. The lowest BCUT2D eigenvalue weighted by molar-refractivity contribution is -0.254. The van der Waals surface area contributed by atoms with E-state index in [1.54, 1.807) is 60.7 Å². The minimum atomic E-state index is -5.80. The van der Waals surface area contributed by atoms with Crippen molar-refractivity contribution in [3.63, 3.8) is 0 Å². The van der Waals surface area contributed by atoms with Crippen LogP contribution in [0.2, 0.25) is 0 Å². The maximum atomic E-state index is 16.4. The van der Waals surface area contributed by atoms with E-state index in [4.69, 9.17) is 0 Å². The van der Waals surface area contributed by atoms with Gasteiger partial charge in [-0.1, -0.05) is 84.9 Å². The molecule has 6 aromatic rings. The molecule has 0 fully saturated rings. The molecule has 12 heteroatoms. The van der Waals surface area contributed by atoms with Gasteiger partial charge in [-0.25, -0.2) is 9.59 Å². The van der Waals surface area contributed by atoms with Gasteiger partial charge in [-0.15, -0.1) is 22.7 Å². The van der Waals surface area contributed by atoms with E-state index in [1.807, 2.05) is 0 Å². The number of alkyl halides is 6. The van der Waals surface area contributed by atoms with Gasteiger partial charge in [0.1, 0.15) is 0 Å². The molecule has 0 radical (unpaired) electrons. The highest BCUT2D eigenvalue weighted by molar-refractivity contribution is 7.18. The van der Waals surface area contributed by atoms with Gasteiger partial charge in [0.05, 0.1) is 16.5 Å². The number of carboxylic acid groups (broad SMARTS) is 2. The molecule has 260 valence electrons. The summed E-state index contributed by atoms with van der Waals surface area (Å²) in [6.07, 6.45) is 0. The standard InChI is InChI=1S/C40H22F6O4S2/c41-38(42)31-27-19-29(21-11-15-23(16-12-21)35(47)48)51-33(27)37(25-7-3-1-4-8-25,26-9-5-2-6-10-26)34-28(32(31)39(43,44)40(38,45)46)20-30(52-34)22-13-17-24(18-14-22)36(49)50/h1-20H,(H,47,48)(H,49,50). The van der Waals surface area contributed by atoms with Crippen LogP contribution in [0.3, 0.4) is 0 Å². The lowest BCUT2D eigenvalue weighted by Gasteiger charge is -2.36. The van der Waals surface area contributed by atoms with Crippen molar-refractivity contribution < 1.29 is 46.1 Å². The molecule has 2 aromatic heterocycles. The lowest BCUT2D eigenvalue weighted by atomic mass is 9.70. The van der Waals surface area contributed by atoms with E-state index < -0.39 is 57.4 Å². The average Bonchev–Trinajstić information content (AvgIpc) is 3.78. The van der Waals surface area contributed by atoms with E-state index in [0.29, 0.717) is 22.3 Å². The van der Waals surface area contributed by atoms with Crippen LogP contribution in [-0.4, -0.2) is 39.9 Å². The van der Waals surface area contributed by atoms with Gasteiger partial charge in [0.25, 0.3) is 0 Å². The molecule has 4 aromatic carbocycles. The van der Waals surface area contributed by atoms with E-state index in [0.717, 1.165) is 22.7 Å². The van der Waals surface area contributed by atoms with E-state index in [-0.39, 0.29) is 30.6 Å². The van der Waals surface area contributed by atoms with Crippen LogP contribution in [0.15, 0.2) is 121 Å². The van der Waals surface area contributed by atoms with E-state index in [1.165, 1.54) is 60.7 Å². The molecule has 2 aliphatic carbocycles. The van der Waals surface area contributed by atoms with Gasteiger partial charge in [0, 0.05) is 41.8 Å². The molecule has 2 heterocycles. The summed E-state index contributed by atoms with van der Waals surface area (Å²) < 4.78 is 96.7. The number of hydrogen-bond donors (Lipinski definition) is 2. The van der Waals surface area contributed by atoms with Crippen LogP contribution < -0.4 is 0 Å². The monoisotopic (exact) mass is 744 g/mol. The highest BCUT2D eigenvalue weighted by atomic mass is 32.1. The molecule has 0 aliphatic heterocycles. The molecular weight excluding hydrogens is 723 g/mol. The summed E-state index contributed by atoms with van der Waals surface area (Å²) in [5.74, 6) is -18.8. The molecule has 2 N–H and O–H groups in total. The number of aromatic carboxylic acids is 2. The Hall–Kier alpha value is -5.46. The SMILES string of the molecule is O=C(O)c1ccc(-c2cc3c(s2)C(c2ccccc2)(c2ccccc2)c2sc(-c4ccc(C(=O)O)cc4)cc2C2=C3C(F)(F)C(F)(F)C2(F)F)cc1. The Labute approximate surface area is 299 Å². The summed E-state index contributed by atoms with van der Waals surface area (Å²) in [6.45, 7) is 0. The average molecular weight is 745 g/mol. The van der Waals surface area contributed by atoms with Gasteiger partial charge >= 0.3 is 29.7 Å². The number of rotatable bonds is 6. The van der Waals surface area contributed by atoms with Crippen LogP contribution in [-0.2, 0) is 5.41 Å². The second kappa shape index (κ2) is 11.5. The first-order valence-electron chi connectivity index (χ1n) is 15.7. The van der Waals surface area contributed by atoms with Gasteiger partial charge in [0.2, 0.25) is 0 Å². The Balaban J connectivity index is 1.55. The number of carboxylic acids is 2. The van der Waals surface area contributed by atoms with Crippen LogP contribution in [0.1, 0.15) is 52.7 Å². The normalized spacial score (nSPS) is 17.5. The van der Waals surface area contributed by atoms with Crippen LogP contribution in [0, 0.1) is 0 Å². The van der Waals surface area contributed by atoms with Gasteiger partial charge in [-0.05, 0) is 58.7 Å². The zero-order chi connectivity index (χ0) is 36.8. The number of allylic oxidation sites excluding steroid dienone is 2. The minimum absolute atomic E-state index is 0.0523. The van der Waals surface area contributed by atoms with E-state index in [9.17, 15) is 19.8 Å². The molecule has 0 bridgehead atoms. The third kappa shape index (κ3) is 4.53. The minimum Gasteiger partial charge on any atom is -0.478 e. The fraction of sp³-hybridized carbons (Fsp3) is 0.100. The Morgan fingerprint density at radius 3 is 1.17 bits per heavy atom. The second-order valence-corrected chi connectivity index (χ2v) is 14.5. The quantitative estimate of drug-likeness (QED) is 0.167. The van der Waals surface area contributed by atoms with Crippen LogP contribution in [0.5, 0.6) is 0 Å². The molecular formula is C40H22F6O4S2. The van der Waals surface area contributed by atoms with Crippen molar-refractivity contribution >= 4 is 45.8 Å². The first kappa shape index (κ1) is 33.7. The number of benzene rings is 4. The summed E-state index contributed by atoms with van der Waals surface area (Å²) >= 11 is 1.95. The Morgan fingerprint density at radius 2 is 0.846 bits per heavy atom. The number of thiophene rings is 2. The van der Waals surface area contributed by atoms with E-state index >= 15 is 26.3 Å². The maximum absolute atomic E-state index is 16.4. The predicted octanol–water partition coefficient (Wildman–Crippen LogP) is 11.1. The van der Waals surface area contributed by atoms with Crippen LogP contribution in [0.4, 0.5) is 26.3 Å². The Morgan fingerprint density at radius 1 is 0.500 bits per heavy atom. The third-order valence-electron chi connectivity index (χ3n) is 9.60. The van der Waals surface area contributed by atoms with Gasteiger partial charge < -0.3 is 10.2 Å². The highest BCUT2D eigenvalue weighted by Crippen LogP contribution is 2.70. The van der Waals surface area contributed by atoms with Crippen molar-refractivity contribution in [1.29, 1.82) is 0 Å². The zero-order valence-electron chi connectivity index (χ0n) is 26.3. The van der Waals surface area contributed by atoms with Gasteiger partial charge in [-0.2, -0.15) is 26.3 Å². The fourth-order valence-corrected chi connectivity index (χ4v) is 10.0. The number of carbonyl (C=O) groups is 2. The van der Waals surface area contributed by atoms with Crippen LogP contribution >= 0.6 is 22.7 Å². The fourth-order valence-electron chi connectivity index (χ4n) is 7.15.